The average Bonchev–Trinajstić information content (AvgIpc) is 2.94. The second-order valence-corrected chi connectivity index (χ2v) is 4.68. The maximum Gasteiger partial charge on any atom is 0.161 e. The summed E-state index contributed by atoms with van der Waals surface area (Å²) in [6.07, 6.45) is 2.73. The van der Waals surface area contributed by atoms with Gasteiger partial charge in [0.2, 0.25) is 0 Å². The Morgan fingerprint density at radius 1 is 1.37 bits per heavy atom. The van der Waals surface area contributed by atoms with Crippen LogP contribution in [0.5, 0.6) is 11.5 Å². The molecule has 1 aliphatic rings. The third kappa shape index (κ3) is 4.11. The van der Waals surface area contributed by atoms with Gasteiger partial charge in [0.15, 0.2) is 11.5 Å². The molecular formula is C15H23NO3. The van der Waals surface area contributed by atoms with E-state index in [4.69, 9.17) is 14.2 Å². The molecule has 1 heterocycles. The van der Waals surface area contributed by atoms with Crippen molar-refractivity contribution < 1.29 is 14.2 Å². The fourth-order valence-electron chi connectivity index (χ4n) is 2.28. The lowest BCUT2D eigenvalue weighted by molar-refractivity contribution is 0.110. The van der Waals surface area contributed by atoms with Gasteiger partial charge < -0.3 is 19.5 Å². The summed E-state index contributed by atoms with van der Waals surface area (Å²) in [6.45, 7) is 5.25. The fourth-order valence-corrected chi connectivity index (χ4v) is 2.28. The van der Waals surface area contributed by atoms with E-state index < -0.39 is 0 Å². The molecule has 0 saturated carbocycles. The normalized spacial score (nSPS) is 18.5. The van der Waals surface area contributed by atoms with Crippen molar-refractivity contribution in [1.29, 1.82) is 0 Å². The van der Waals surface area contributed by atoms with Gasteiger partial charge in [-0.2, -0.15) is 0 Å². The molecule has 0 bridgehead atoms. The van der Waals surface area contributed by atoms with Crippen LogP contribution in [0.25, 0.3) is 0 Å². The number of hydrogen-bond donors (Lipinski definition) is 1. The van der Waals surface area contributed by atoms with Gasteiger partial charge in [0.25, 0.3) is 0 Å². The summed E-state index contributed by atoms with van der Waals surface area (Å²) in [4.78, 5) is 0. The molecule has 1 N–H and O–H groups in total. The van der Waals surface area contributed by atoms with E-state index in [9.17, 15) is 0 Å². The van der Waals surface area contributed by atoms with Crippen molar-refractivity contribution in [2.45, 2.75) is 32.4 Å². The largest absolute Gasteiger partial charge is 0.493 e. The quantitative estimate of drug-likeness (QED) is 0.821. The molecule has 1 aliphatic heterocycles. The number of benzene rings is 1. The SMILES string of the molecule is CCOc1ccc(CNC[C@H]2CCCO2)cc1OC. The van der Waals surface area contributed by atoms with Gasteiger partial charge in [-0.15, -0.1) is 0 Å². The molecule has 1 atom stereocenters. The first-order chi connectivity index (χ1) is 9.33. The van der Waals surface area contributed by atoms with Crippen LogP contribution in [0.3, 0.4) is 0 Å². The summed E-state index contributed by atoms with van der Waals surface area (Å²) < 4.78 is 16.4. The average molecular weight is 265 g/mol. The van der Waals surface area contributed by atoms with Crippen LogP contribution >= 0.6 is 0 Å². The van der Waals surface area contributed by atoms with Crippen LogP contribution in [-0.4, -0.2) is 33.0 Å². The summed E-state index contributed by atoms with van der Waals surface area (Å²) in [5.41, 5.74) is 1.19. The number of hydrogen-bond acceptors (Lipinski definition) is 4. The maximum atomic E-state index is 5.58. The van der Waals surface area contributed by atoms with E-state index in [1.165, 1.54) is 18.4 Å². The number of methoxy groups -OCH3 is 1. The minimum Gasteiger partial charge on any atom is -0.493 e. The zero-order chi connectivity index (χ0) is 13.5. The van der Waals surface area contributed by atoms with Gasteiger partial charge in [0, 0.05) is 19.7 Å². The van der Waals surface area contributed by atoms with Crippen molar-refractivity contribution in [3.8, 4) is 11.5 Å². The molecule has 4 heteroatoms. The van der Waals surface area contributed by atoms with E-state index in [1.54, 1.807) is 7.11 Å². The zero-order valence-corrected chi connectivity index (χ0v) is 11.8. The molecule has 4 nitrogen and oxygen atoms in total. The maximum absolute atomic E-state index is 5.58. The smallest absolute Gasteiger partial charge is 0.161 e. The minimum atomic E-state index is 0.379. The highest BCUT2D eigenvalue weighted by atomic mass is 16.5. The molecule has 0 aliphatic carbocycles. The Balaban J connectivity index is 1.85. The molecule has 1 aromatic rings. The first-order valence-corrected chi connectivity index (χ1v) is 6.95. The molecule has 1 saturated heterocycles. The molecule has 19 heavy (non-hydrogen) atoms. The van der Waals surface area contributed by atoms with Gasteiger partial charge in [-0.3, -0.25) is 0 Å². The van der Waals surface area contributed by atoms with Crippen LogP contribution in [0.1, 0.15) is 25.3 Å². The Hall–Kier alpha value is -1.26. The predicted octanol–water partition coefficient (Wildman–Crippen LogP) is 2.36. The van der Waals surface area contributed by atoms with Crippen LogP contribution in [-0.2, 0) is 11.3 Å². The molecule has 0 radical (unpaired) electrons. The molecule has 0 unspecified atom stereocenters. The monoisotopic (exact) mass is 265 g/mol. The van der Waals surface area contributed by atoms with E-state index >= 15 is 0 Å². The van der Waals surface area contributed by atoms with E-state index in [2.05, 4.69) is 11.4 Å². The third-order valence-electron chi connectivity index (χ3n) is 3.25. The van der Waals surface area contributed by atoms with Gasteiger partial charge in [-0.25, -0.2) is 0 Å². The Kier molecular flexibility index (Phi) is 5.48. The molecule has 0 spiro atoms. The number of rotatable bonds is 7. The second-order valence-electron chi connectivity index (χ2n) is 4.68. The lowest BCUT2D eigenvalue weighted by Gasteiger charge is -2.13. The molecule has 106 valence electrons. The first kappa shape index (κ1) is 14.2. The molecule has 2 rings (SSSR count). The Morgan fingerprint density at radius 2 is 2.26 bits per heavy atom. The van der Waals surface area contributed by atoms with Crippen LogP contribution in [0.15, 0.2) is 18.2 Å². The summed E-state index contributed by atoms with van der Waals surface area (Å²) in [7, 11) is 1.67. The van der Waals surface area contributed by atoms with Crippen molar-refractivity contribution in [3.05, 3.63) is 23.8 Å². The highest BCUT2D eigenvalue weighted by Gasteiger charge is 2.14. The van der Waals surface area contributed by atoms with Gasteiger partial charge >= 0.3 is 0 Å². The Labute approximate surface area is 115 Å². The zero-order valence-electron chi connectivity index (χ0n) is 11.8. The predicted molar refractivity (Wildman–Crippen MR) is 74.8 cm³/mol. The summed E-state index contributed by atoms with van der Waals surface area (Å²) in [5.74, 6) is 1.59. The Morgan fingerprint density at radius 3 is 2.95 bits per heavy atom. The van der Waals surface area contributed by atoms with Crippen LogP contribution in [0, 0.1) is 0 Å². The molecular weight excluding hydrogens is 242 g/mol. The van der Waals surface area contributed by atoms with E-state index in [1.807, 2.05) is 19.1 Å². The fraction of sp³-hybridized carbons (Fsp3) is 0.600. The lowest BCUT2D eigenvalue weighted by atomic mass is 10.2. The highest BCUT2D eigenvalue weighted by molar-refractivity contribution is 5.42. The van der Waals surface area contributed by atoms with Gasteiger partial charge in [-0.1, -0.05) is 6.07 Å². The third-order valence-corrected chi connectivity index (χ3v) is 3.25. The van der Waals surface area contributed by atoms with E-state index in [0.29, 0.717) is 12.7 Å². The minimum absolute atomic E-state index is 0.379. The van der Waals surface area contributed by atoms with Crippen molar-refractivity contribution in [3.63, 3.8) is 0 Å². The highest BCUT2D eigenvalue weighted by Crippen LogP contribution is 2.27. The summed E-state index contributed by atoms with van der Waals surface area (Å²) in [6, 6.07) is 6.05. The lowest BCUT2D eigenvalue weighted by Crippen LogP contribution is -2.25. The van der Waals surface area contributed by atoms with E-state index in [-0.39, 0.29) is 0 Å². The second kappa shape index (κ2) is 7.36. The van der Waals surface area contributed by atoms with Crippen molar-refractivity contribution in [1.82, 2.24) is 5.32 Å². The Bertz CT molecular complexity index is 389. The summed E-state index contributed by atoms with van der Waals surface area (Å²) in [5, 5.41) is 3.43. The van der Waals surface area contributed by atoms with Crippen LogP contribution < -0.4 is 14.8 Å². The van der Waals surface area contributed by atoms with Crippen molar-refractivity contribution in [2.75, 3.05) is 26.9 Å². The van der Waals surface area contributed by atoms with Crippen LogP contribution in [0.2, 0.25) is 0 Å². The number of ether oxygens (including phenoxy) is 3. The first-order valence-electron chi connectivity index (χ1n) is 6.95. The van der Waals surface area contributed by atoms with Crippen LogP contribution in [0.4, 0.5) is 0 Å². The molecule has 0 amide bonds. The molecule has 0 aromatic heterocycles. The standard InChI is InChI=1S/C15H23NO3/c1-3-18-14-7-6-12(9-15(14)17-2)10-16-11-13-5-4-8-19-13/h6-7,9,13,16H,3-5,8,10-11H2,1-2H3/t13-/m1/s1. The van der Waals surface area contributed by atoms with Crippen molar-refractivity contribution >= 4 is 0 Å². The summed E-state index contributed by atoms with van der Waals surface area (Å²) >= 11 is 0. The number of nitrogens with one attached hydrogen (secondary N) is 1. The van der Waals surface area contributed by atoms with Gasteiger partial charge in [0.05, 0.1) is 19.8 Å². The van der Waals surface area contributed by atoms with Crippen molar-refractivity contribution in [2.24, 2.45) is 0 Å². The molecule has 1 fully saturated rings. The topological polar surface area (TPSA) is 39.7 Å². The van der Waals surface area contributed by atoms with Gasteiger partial charge in [0.1, 0.15) is 0 Å². The van der Waals surface area contributed by atoms with Gasteiger partial charge in [-0.05, 0) is 37.5 Å². The molecule has 1 aromatic carbocycles. The van der Waals surface area contributed by atoms with E-state index in [0.717, 1.165) is 31.2 Å².